The van der Waals surface area contributed by atoms with Crippen molar-refractivity contribution in [3.63, 3.8) is 0 Å². The summed E-state index contributed by atoms with van der Waals surface area (Å²) in [6.07, 6.45) is -2.99. The van der Waals surface area contributed by atoms with Crippen molar-refractivity contribution in [2.45, 2.75) is 6.43 Å². The molecule has 1 rings (SSSR count). The minimum Gasteiger partial charge on any atom is -0.478 e. The van der Waals surface area contributed by atoms with E-state index in [0.717, 1.165) is 0 Å². The lowest BCUT2D eigenvalue weighted by atomic mass is 10.2. The van der Waals surface area contributed by atoms with Crippen LogP contribution < -0.4 is 0 Å². The maximum Gasteiger partial charge on any atom is 0.340 e. The Morgan fingerprint density at radius 1 is 1.57 bits per heavy atom. The molecule has 3 nitrogen and oxygen atoms in total. The van der Waals surface area contributed by atoms with Crippen molar-refractivity contribution < 1.29 is 23.1 Å². The Morgan fingerprint density at radius 3 is 2.57 bits per heavy atom. The largest absolute Gasteiger partial charge is 0.478 e. The van der Waals surface area contributed by atoms with Gasteiger partial charge < -0.3 is 5.11 Å². The number of hydrogen-bond acceptors (Lipinski definition) is 2. The molecule has 0 amide bonds. The normalized spacial score (nSPS) is 10.6. The molecule has 0 atom stereocenters. The maximum atomic E-state index is 12.7. The summed E-state index contributed by atoms with van der Waals surface area (Å²) in [5.41, 5.74) is -1.73. The quantitative estimate of drug-likeness (QED) is 0.787. The van der Waals surface area contributed by atoms with Crippen molar-refractivity contribution >= 4 is 17.6 Å². The van der Waals surface area contributed by atoms with E-state index in [1.165, 1.54) is 0 Å². The summed E-state index contributed by atoms with van der Waals surface area (Å²) >= 11 is 5.18. The van der Waals surface area contributed by atoms with E-state index >= 15 is 0 Å². The molecule has 0 saturated carbocycles. The van der Waals surface area contributed by atoms with Gasteiger partial charge in [-0.25, -0.2) is 18.6 Å². The first-order valence-electron chi connectivity index (χ1n) is 3.31. The van der Waals surface area contributed by atoms with E-state index in [1.807, 2.05) is 0 Å². The highest BCUT2D eigenvalue weighted by atomic mass is 35.5. The molecule has 1 heterocycles. The molecule has 0 saturated heterocycles. The smallest absolute Gasteiger partial charge is 0.340 e. The summed E-state index contributed by atoms with van der Waals surface area (Å²) in [5.74, 6) is -3.06. The lowest BCUT2D eigenvalue weighted by Crippen LogP contribution is -2.05. The van der Waals surface area contributed by atoms with Crippen molar-refractivity contribution in [3.05, 3.63) is 28.3 Å². The second kappa shape index (κ2) is 3.83. The van der Waals surface area contributed by atoms with Crippen LogP contribution in [0.3, 0.4) is 0 Å². The van der Waals surface area contributed by atoms with Crippen molar-refractivity contribution in [1.29, 1.82) is 0 Å². The molecule has 0 bridgehead atoms. The number of carboxylic acid groups (broad SMARTS) is 1. The van der Waals surface area contributed by atoms with E-state index in [0.29, 0.717) is 6.07 Å². The van der Waals surface area contributed by atoms with Gasteiger partial charge in [-0.3, -0.25) is 0 Å². The van der Waals surface area contributed by atoms with Gasteiger partial charge >= 0.3 is 5.97 Å². The number of halogens is 4. The Labute approximate surface area is 81.1 Å². The van der Waals surface area contributed by atoms with Crippen LogP contribution in [0.15, 0.2) is 6.07 Å². The Hall–Kier alpha value is -1.30. The van der Waals surface area contributed by atoms with Gasteiger partial charge in [0.25, 0.3) is 6.43 Å². The number of carboxylic acids is 1. The zero-order chi connectivity index (χ0) is 10.9. The van der Waals surface area contributed by atoms with E-state index in [9.17, 15) is 18.0 Å². The van der Waals surface area contributed by atoms with E-state index in [4.69, 9.17) is 16.7 Å². The Balaban J connectivity index is 3.34. The van der Waals surface area contributed by atoms with Gasteiger partial charge in [0, 0.05) is 0 Å². The summed E-state index contributed by atoms with van der Waals surface area (Å²) in [4.78, 5) is 13.2. The van der Waals surface area contributed by atoms with Gasteiger partial charge in [-0.1, -0.05) is 11.6 Å². The van der Waals surface area contributed by atoms with Crippen molar-refractivity contribution in [2.75, 3.05) is 0 Å². The molecule has 0 spiro atoms. The maximum absolute atomic E-state index is 12.7. The average molecular weight is 226 g/mol. The van der Waals surface area contributed by atoms with E-state index in [2.05, 4.69) is 4.98 Å². The fourth-order valence-corrected chi connectivity index (χ4v) is 1.000. The predicted octanol–water partition coefficient (Wildman–Crippen LogP) is 2.51. The summed E-state index contributed by atoms with van der Waals surface area (Å²) in [6, 6.07) is 0.470. The van der Waals surface area contributed by atoms with Gasteiger partial charge in [-0.2, -0.15) is 4.39 Å². The number of nitrogens with zero attached hydrogens (tertiary/aromatic N) is 1. The highest BCUT2D eigenvalue weighted by Gasteiger charge is 2.20. The zero-order valence-electron chi connectivity index (χ0n) is 6.47. The summed E-state index contributed by atoms with van der Waals surface area (Å²) in [5, 5.41) is 7.66. The molecule has 0 aliphatic rings. The molecule has 7 heteroatoms. The average Bonchev–Trinajstić information content (AvgIpc) is 2.02. The monoisotopic (exact) mass is 225 g/mol. The molecule has 76 valence electrons. The van der Waals surface area contributed by atoms with Crippen LogP contribution >= 0.6 is 11.6 Å². The molecule has 0 aliphatic carbocycles. The number of alkyl halides is 2. The summed E-state index contributed by atoms with van der Waals surface area (Å²) in [7, 11) is 0. The Morgan fingerprint density at radius 2 is 2.14 bits per heavy atom. The number of carbonyl (C=O) groups is 1. The van der Waals surface area contributed by atoms with Gasteiger partial charge in [0.15, 0.2) is 0 Å². The highest BCUT2D eigenvalue weighted by Crippen LogP contribution is 2.27. The van der Waals surface area contributed by atoms with E-state index in [-0.39, 0.29) is 0 Å². The molecule has 0 aromatic carbocycles. The third kappa shape index (κ3) is 1.95. The molecule has 1 aromatic heterocycles. The predicted molar refractivity (Wildman–Crippen MR) is 41.1 cm³/mol. The minimum atomic E-state index is -2.99. The SMILES string of the molecule is O=C(O)c1cc(C(F)F)c(Cl)nc1F. The van der Waals surface area contributed by atoms with Crippen LogP contribution in [0, 0.1) is 5.95 Å². The Bertz CT molecular complexity index is 383. The van der Waals surface area contributed by atoms with Crippen molar-refractivity contribution in [3.8, 4) is 0 Å². The van der Waals surface area contributed by atoms with Gasteiger partial charge in [0.2, 0.25) is 5.95 Å². The molecule has 0 radical (unpaired) electrons. The minimum absolute atomic E-state index is 0.470. The second-order valence-electron chi connectivity index (χ2n) is 2.31. The van der Waals surface area contributed by atoms with Gasteiger partial charge in [0.1, 0.15) is 10.7 Å². The molecule has 0 aliphatic heterocycles. The van der Waals surface area contributed by atoms with Crippen LogP contribution in [0.2, 0.25) is 5.15 Å². The molecule has 0 fully saturated rings. The number of pyridine rings is 1. The van der Waals surface area contributed by atoms with Crippen LogP contribution in [-0.2, 0) is 0 Å². The molecule has 1 N–H and O–H groups in total. The van der Waals surface area contributed by atoms with E-state index in [1.54, 1.807) is 0 Å². The number of hydrogen-bond donors (Lipinski definition) is 1. The first-order valence-corrected chi connectivity index (χ1v) is 3.68. The number of aromatic nitrogens is 1. The highest BCUT2D eigenvalue weighted by molar-refractivity contribution is 6.30. The van der Waals surface area contributed by atoms with Crippen molar-refractivity contribution in [1.82, 2.24) is 4.98 Å². The summed E-state index contributed by atoms with van der Waals surface area (Å²) in [6.45, 7) is 0. The molecule has 14 heavy (non-hydrogen) atoms. The van der Waals surface area contributed by atoms with Crippen LogP contribution in [0.4, 0.5) is 13.2 Å². The zero-order valence-corrected chi connectivity index (χ0v) is 7.23. The topological polar surface area (TPSA) is 50.2 Å². The molecular formula is C7H3ClF3NO2. The lowest BCUT2D eigenvalue weighted by molar-refractivity contribution is 0.0690. The standard InChI is InChI=1S/C7H3ClF3NO2/c8-4-2(5(9)10)1-3(7(13)14)6(11)12-4/h1,5H,(H,13,14). The van der Waals surface area contributed by atoms with Crippen LogP contribution in [0.1, 0.15) is 22.3 Å². The van der Waals surface area contributed by atoms with Crippen LogP contribution in [0.5, 0.6) is 0 Å². The number of aromatic carboxylic acids is 1. The fourth-order valence-electron chi connectivity index (χ4n) is 0.789. The van der Waals surface area contributed by atoms with Crippen LogP contribution in [0.25, 0.3) is 0 Å². The molecular weight excluding hydrogens is 223 g/mol. The van der Waals surface area contributed by atoms with Crippen molar-refractivity contribution in [2.24, 2.45) is 0 Å². The van der Waals surface area contributed by atoms with Gasteiger partial charge in [-0.05, 0) is 6.07 Å². The van der Waals surface area contributed by atoms with Gasteiger partial charge in [0.05, 0.1) is 5.56 Å². The first kappa shape index (κ1) is 10.8. The third-order valence-electron chi connectivity index (χ3n) is 1.42. The molecule has 1 aromatic rings. The molecule has 0 unspecified atom stereocenters. The second-order valence-corrected chi connectivity index (χ2v) is 2.67. The lowest BCUT2D eigenvalue weighted by Gasteiger charge is -2.03. The van der Waals surface area contributed by atoms with E-state index < -0.39 is 34.6 Å². The summed E-state index contributed by atoms with van der Waals surface area (Å²) < 4.78 is 37.0. The van der Waals surface area contributed by atoms with Crippen LogP contribution in [-0.4, -0.2) is 16.1 Å². The Kier molecular flexibility index (Phi) is 2.95. The fraction of sp³-hybridized carbons (Fsp3) is 0.143. The third-order valence-corrected chi connectivity index (χ3v) is 1.72. The van der Waals surface area contributed by atoms with Gasteiger partial charge in [-0.15, -0.1) is 0 Å². The number of rotatable bonds is 2. The first-order chi connectivity index (χ1) is 6.43.